The number of nitrogens with one attached hydrogen (secondary N) is 1. The molecule has 0 aliphatic rings. The highest BCUT2D eigenvalue weighted by atomic mass is 16.5. The van der Waals surface area contributed by atoms with Gasteiger partial charge < -0.3 is 15.2 Å². The summed E-state index contributed by atoms with van der Waals surface area (Å²) in [5, 5.41) is 11.7. The number of benzene rings is 1. The van der Waals surface area contributed by atoms with Crippen LogP contribution in [0.3, 0.4) is 0 Å². The lowest BCUT2D eigenvalue weighted by Crippen LogP contribution is -2.44. The van der Waals surface area contributed by atoms with Gasteiger partial charge in [0.2, 0.25) is 5.91 Å². The van der Waals surface area contributed by atoms with Crippen LogP contribution in [-0.4, -0.2) is 30.1 Å². The van der Waals surface area contributed by atoms with E-state index in [1.54, 1.807) is 32.0 Å². The molecule has 0 bridgehead atoms. The van der Waals surface area contributed by atoms with Crippen molar-refractivity contribution in [1.82, 2.24) is 5.32 Å². The van der Waals surface area contributed by atoms with E-state index in [1.807, 2.05) is 6.07 Å². The molecule has 1 rings (SSSR count). The van der Waals surface area contributed by atoms with E-state index in [2.05, 4.69) is 5.32 Å². The van der Waals surface area contributed by atoms with E-state index in [-0.39, 0.29) is 18.2 Å². The fourth-order valence-electron chi connectivity index (χ4n) is 1.63. The van der Waals surface area contributed by atoms with E-state index in [0.29, 0.717) is 5.75 Å². The van der Waals surface area contributed by atoms with Crippen LogP contribution in [0.15, 0.2) is 24.3 Å². The average Bonchev–Trinajstić information content (AvgIpc) is 2.38. The van der Waals surface area contributed by atoms with Crippen molar-refractivity contribution >= 4 is 11.9 Å². The van der Waals surface area contributed by atoms with E-state index in [9.17, 15) is 14.7 Å². The monoisotopic (exact) mass is 265 g/mol. The molecule has 0 aliphatic heterocycles. The van der Waals surface area contributed by atoms with Gasteiger partial charge in [0.05, 0.1) is 7.11 Å². The Morgan fingerprint density at radius 2 is 1.95 bits per heavy atom. The zero-order valence-electron chi connectivity index (χ0n) is 11.3. The van der Waals surface area contributed by atoms with E-state index in [1.165, 1.54) is 7.11 Å². The molecule has 0 fully saturated rings. The van der Waals surface area contributed by atoms with Gasteiger partial charge in [-0.25, -0.2) is 4.79 Å². The summed E-state index contributed by atoms with van der Waals surface area (Å²) in [5.74, 6) is -0.964. The number of carboxylic acid groups (broad SMARTS) is 1. The first-order chi connectivity index (χ1) is 8.95. The van der Waals surface area contributed by atoms with Crippen molar-refractivity contribution in [2.45, 2.75) is 26.3 Å². The number of hydrogen-bond acceptors (Lipinski definition) is 3. The molecule has 5 heteroatoms. The molecule has 0 aromatic heterocycles. The number of rotatable bonds is 6. The molecule has 5 nitrogen and oxygen atoms in total. The number of aliphatic carboxylic acids is 1. The Kier molecular flexibility index (Phi) is 5.36. The highest BCUT2D eigenvalue weighted by Crippen LogP contribution is 2.19. The Hall–Kier alpha value is -2.04. The number of carbonyl (C=O) groups excluding carboxylic acids is 1. The van der Waals surface area contributed by atoms with Crippen molar-refractivity contribution in [2.75, 3.05) is 7.11 Å². The van der Waals surface area contributed by atoms with Gasteiger partial charge in [-0.2, -0.15) is 0 Å². The third-order valence-electron chi connectivity index (χ3n) is 2.76. The van der Waals surface area contributed by atoms with Crippen molar-refractivity contribution in [3.63, 3.8) is 0 Å². The molecule has 0 radical (unpaired) electrons. The number of methoxy groups -OCH3 is 1. The lowest BCUT2D eigenvalue weighted by Gasteiger charge is -2.17. The number of para-hydroxylation sites is 1. The Balaban J connectivity index is 2.84. The second kappa shape index (κ2) is 6.78. The van der Waals surface area contributed by atoms with Gasteiger partial charge in [-0.15, -0.1) is 0 Å². The molecule has 1 atom stereocenters. The topological polar surface area (TPSA) is 75.6 Å². The van der Waals surface area contributed by atoms with Crippen LogP contribution in [0.4, 0.5) is 0 Å². The number of ether oxygens (including phenoxy) is 1. The Morgan fingerprint density at radius 3 is 2.47 bits per heavy atom. The number of hydrogen-bond donors (Lipinski definition) is 2. The predicted octanol–water partition coefficient (Wildman–Crippen LogP) is 1.46. The summed E-state index contributed by atoms with van der Waals surface area (Å²) in [5.41, 5.74) is 0.751. The third kappa shape index (κ3) is 4.28. The van der Waals surface area contributed by atoms with Crippen LogP contribution in [0.1, 0.15) is 19.4 Å². The lowest BCUT2D eigenvalue weighted by atomic mass is 10.0. The molecule has 0 saturated carbocycles. The van der Waals surface area contributed by atoms with Gasteiger partial charge in [0.25, 0.3) is 0 Å². The molecular weight excluding hydrogens is 246 g/mol. The van der Waals surface area contributed by atoms with Crippen LogP contribution >= 0.6 is 0 Å². The molecule has 0 saturated heterocycles. The molecule has 104 valence electrons. The second-order valence-electron chi connectivity index (χ2n) is 4.57. The molecule has 1 amide bonds. The van der Waals surface area contributed by atoms with Crippen molar-refractivity contribution < 1.29 is 19.4 Å². The quantitative estimate of drug-likeness (QED) is 0.816. The van der Waals surface area contributed by atoms with E-state index in [0.717, 1.165) is 5.56 Å². The largest absolute Gasteiger partial charge is 0.496 e. The first kappa shape index (κ1) is 15.0. The zero-order valence-corrected chi connectivity index (χ0v) is 11.3. The van der Waals surface area contributed by atoms with Gasteiger partial charge in [-0.05, 0) is 11.6 Å². The minimum Gasteiger partial charge on any atom is -0.496 e. The minimum atomic E-state index is -1.06. The fourth-order valence-corrected chi connectivity index (χ4v) is 1.63. The van der Waals surface area contributed by atoms with Crippen LogP contribution in [0.25, 0.3) is 0 Å². The molecular formula is C14H19NO4. The molecule has 2 N–H and O–H groups in total. The van der Waals surface area contributed by atoms with Crippen LogP contribution in [0.5, 0.6) is 5.75 Å². The maximum absolute atomic E-state index is 11.6. The Labute approximate surface area is 112 Å². The molecule has 0 spiro atoms. The van der Waals surface area contributed by atoms with Gasteiger partial charge in [0.15, 0.2) is 0 Å². The van der Waals surface area contributed by atoms with Crippen molar-refractivity contribution in [3.8, 4) is 5.75 Å². The van der Waals surface area contributed by atoms with Crippen molar-refractivity contribution in [1.29, 1.82) is 0 Å². The SMILES string of the molecule is COc1ccccc1CC(NC(=O)C(C)C)C(=O)O. The Bertz CT molecular complexity index is 457. The summed E-state index contributed by atoms with van der Waals surface area (Å²) < 4.78 is 5.17. The number of amides is 1. The molecule has 1 unspecified atom stereocenters. The Morgan fingerprint density at radius 1 is 1.32 bits per heavy atom. The van der Waals surface area contributed by atoms with Crippen molar-refractivity contribution in [3.05, 3.63) is 29.8 Å². The number of carboxylic acids is 1. The van der Waals surface area contributed by atoms with Crippen LogP contribution < -0.4 is 10.1 Å². The van der Waals surface area contributed by atoms with Crippen LogP contribution in [0.2, 0.25) is 0 Å². The van der Waals surface area contributed by atoms with Gasteiger partial charge >= 0.3 is 5.97 Å². The molecule has 19 heavy (non-hydrogen) atoms. The van der Waals surface area contributed by atoms with Crippen molar-refractivity contribution in [2.24, 2.45) is 5.92 Å². The lowest BCUT2D eigenvalue weighted by molar-refractivity contribution is -0.142. The molecule has 0 aliphatic carbocycles. The predicted molar refractivity (Wildman–Crippen MR) is 71.1 cm³/mol. The maximum Gasteiger partial charge on any atom is 0.326 e. The van der Waals surface area contributed by atoms with E-state index >= 15 is 0 Å². The standard InChI is InChI=1S/C14H19NO4/c1-9(2)13(16)15-11(14(17)18)8-10-6-4-5-7-12(10)19-3/h4-7,9,11H,8H2,1-3H3,(H,15,16)(H,17,18). The molecule has 1 aromatic carbocycles. The van der Waals surface area contributed by atoms with E-state index < -0.39 is 12.0 Å². The fraction of sp³-hybridized carbons (Fsp3) is 0.429. The molecule has 1 aromatic rings. The first-order valence-corrected chi connectivity index (χ1v) is 6.10. The minimum absolute atomic E-state index is 0.192. The normalized spacial score (nSPS) is 12.0. The second-order valence-corrected chi connectivity index (χ2v) is 4.57. The van der Waals surface area contributed by atoms with Gasteiger partial charge in [-0.1, -0.05) is 32.0 Å². The summed E-state index contributed by atoms with van der Waals surface area (Å²) in [6.45, 7) is 3.44. The zero-order chi connectivity index (χ0) is 14.4. The van der Waals surface area contributed by atoms with Gasteiger partial charge in [0.1, 0.15) is 11.8 Å². The smallest absolute Gasteiger partial charge is 0.326 e. The third-order valence-corrected chi connectivity index (χ3v) is 2.76. The first-order valence-electron chi connectivity index (χ1n) is 6.10. The maximum atomic E-state index is 11.6. The summed E-state index contributed by atoms with van der Waals surface area (Å²) in [6.07, 6.45) is 0.192. The highest BCUT2D eigenvalue weighted by molar-refractivity contribution is 5.84. The summed E-state index contributed by atoms with van der Waals surface area (Å²) >= 11 is 0. The summed E-state index contributed by atoms with van der Waals surface area (Å²) in [6, 6.07) is 6.21. The average molecular weight is 265 g/mol. The highest BCUT2D eigenvalue weighted by Gasteiger charge is 2.22. The van der Waals surface area contributed by atoms with Gasteiger partial charge in [0, 0.05) is 12.3 Å². The van der Waals surface area contributed by atoms with Crippen LogP contribution in [0, 0.1) is 5.92 Å². The summed E-state index contributed by atoms with van der Waals surface area (Å²) in [7, 11) is 1.53. The van der Waals surface area contributed by atoms with Gasteiger partial charge in [-0.3, -0.25) is 4.79 Å². The van der Waals surface area contributed by atoms with Crippen LogP contribution in [-0.2, 0) is 16.0 Å². The summed E-state index contributed by atoms with van der Waals surface area (Å²) in [4.78, 5) is 22.8. The molecule has 0 heterocycles. The van der Waals surface area contributed by atoms with E-state index in [4.69, 9.17) is 4.74 Å². The number of carbonyl (C=O) groups is 2.